The number of aliphatic hydroxyl groups excluding tert-OH is 2. The number of carbonyl (C=O) groups excluding carboxylic acids is 2. The molecule has 0 aromatic heterocycles. The maximum absolute atomic E-state index is 12.7. The number of carbonyl (C=O) groups is 2. The van der Waals surface area contributed by atoms with Gasteiger partial charge in [-0.15, -0.1) is 0 Å². The van der Waals surface area contributed by atoms with Gasteiger partial charge >= 0.3 is 29.6 Å². The third-order valence-electron chi connectivity index (χ3n) is 11.4. The zero-order valence-corrected chi connectivity index (χ0v) is 33.9. The van der Waals surface area contributed by atoms with E-state index in [1.807, 2.05) is 52.0 Å². The van der Waals surface area contributed by atoms with Crippen LogP contribution in [0.1, 0.15) is 92.2 Å². The average Bonchev–Trinajstić information content (AvgIpc) is 3.81. The van der Waals surface area contributed by atoms with Crippen molar-refractivity contribution in [1.29, 1.82) is 0 Å². The van der Waals surface area contributed by atoms with Crippen molar-refractivity contribution in [3.8, 4) is 0 Å². The van der Waals surface area contributed by atoms with Gasteiger partial charge in [-0.3, -0.25) is 9.59 Å². The fourth-order valence-corrected chi connectivity index (χ4v) is 9.51. The van der Waals surface area contributed by atoms with Gasteiger partial charge in [-0.05, 0) is 111 Å². The largest absolute Gasteiger partial charge is 1.00 e. The van der Waals surface area contributed by atoms with Crippen molar-refractivity contribution in [1.82, 2.24) is 10.6 Å². The standard InChI is InChI=1S/2C19H22ClNO4.CH4.Na.H2O/c2*1-11-9-13(20)10-12(2)14(11)15-16(22)18(21-17(15)23)3-5-19(6-4-18)24-7-8-25-19;;;/h2*9-10,22H,3-8H2,1-2H3,(H,21,23);1H4;;1H2/q;;;+1;/p-1. The third kappa shape index (κ3) is 7.68. The summed E-state index contributed by atoms with van der Waals surface area (Å²) in [6.45, 7) is 10.0. The van der Waals surface area contributed by atoms with E-state index in [0.29, 0.717) is 99.0 Å². The molecular weight excluding hydrogens is 734 g/mol. The van der Waals surface area contributed by atoms with E-state index in [1.165, 1.54) is 0 Å². The van der Waals surface area contributed by atoms with Crippen LogP contribution in [-0.2, 0) is 28.5 Å². The van der Waals surface area contributed by atoms with Gasteiger partial charge in [-0.2, -0.15) is 0 Å². The maximum atomic E-state index is 12.7. The van der Waals surface area contributed by atoms with Crippen molar-refractivity contribution < 1.29 is 73.8 Å². The molecule has 2 aliphatic carbocycles. The molecule has 14 heteroatoms. The predicted molar refractivity (Wildman–Crippen MR) is 198 cm³/mol. The van der Waals surface area contributed by atoms with Crippen molar-refractivity contribution in [2.24, 2.45) is 0 Å². The molecule has 11 nitrogen and oxygen atoms in total. The molecule has 0 unspecified atom stereocenters. The second kappa shape index (κ2) is 16.1. The molecule has 0 radical (unpaired) electrons. The first-order valence-corrected chi connectivity index (χ1v) is 18.1. The van der Waals surface area contributed by atoms with Crippen molar-refractivity contribution in [3.63, 3.8) is 0 Å². The maximum Gasteiger partial charge on any atom is 1.00 e. The number of hydrogen-bond donors (Lipinski definition) is 4. The zero-order chi connectivity index (χ0) is 35.6. The van der Waals surface area contributed by atoms with E-state index >= 15 is 0 Å². The molecule has 53 heavy (non-hydrogen) atoms. The number of hydrogen-bond acceptors (Lipinski definition) is 9. The smallest absolute Gasteiger partial charge is 0.870 e. The summed E-state index contributed by atoms with van der Waals surface area (Å²) in [6.07, 6.45) is 5.01. The molecule has 0 atom stereocenters. The number of aliphatic hydroxyl groups is 2. The first-order chi connectivity index (χ1) is 23.7. The Labute approximate surface area is 343 Å². The molecular formula is C39H49Cl2N2NaO9. The fraction of sp³-hybridized carbons (Fsp3) is 0.538. The Bertz CT molecular complexity index is 1630. The van der Waals surface area contributed by atoms with E-state index in [4.69, 9.17) is 42.1 Å². The van der Waals surface area contributed by atoms with E-state index in [9.17, 15) is 19.8 Å². The Morgan fingerprint density at radius 3 is 1.09 bits per heavy atom. The Hall–Kier alpha value is -2.16. The fourth-order valence-electron chi connectivity index (χ4n) is 8.86. The number of benzene rings is 2. The van der Waals surface area contributed by atoms with E-state index in [2.05, 4.69) is 10.6 Å². The number of halogens is 2. The second-order valence-electron chi connectivity index (χ2n) is 14.6. The second-order valence-corrected chi connectivity index (χ2v) is 15.4. The molecule has 2 aromatic rings. The monoisotopic (exact) mass is 782 g/mol. The first kappa shape index (κ1) is 43.6. The minimum atomic E-state index is -0.717. The van der Waals surface area contributed by atoms with Crippen molar-refractivity contribution in [3.05, 3.63) is 79.2 Å². The molecule has 4 fully saturated rings. The van der Waals surface area contributed by atoms with Crippen molar-refractivity contribution >= 4 is 46.2 Å². The Morgan fingerprint density at radius 2 is 0.830 bits per heavy atom. The average molecular weight is 784 g/mol. The molecule has 4 heterocycles. The van der Waals surface area contributed by atoms with Gasteiger partial charge in [0.25, 0.3) is 11.8 Å². The predicted octanol–water partition coefficient (Wildman–Crippen LogP) is 4.29. The number of nitrogens with one attached hydrogen (secondary N) is 2. The van der Waals surface area contributed by atoms with Gasteiger partial charge in [0.15, 0.2) is 11.6 Å². The summed E-state index contributed by atoms with van der Waals surface area (Å²) in [5.41, 5.74) is 4.38. The van der Waals surface area contributed by atoms with Gasteiger partial charge in [0.05, 0.1) is 48.7 Å². The van der Waals surface area contributed by atoms with Crippen LogP contribution in [0.25, 0.3) is 11.1 Å². The molecule has 2 aromatic carbocycles. The normalized spacial score (nSPS) is 23.0. The molecule has 4 aliphatic heterocycles. The van der Waals surface area contributed by atoms with Gasteiger partial charge in [-0.25, -0.2) is 0 Å². The van der Waals surface area contributed by atoms with Gasteiger partial charge in [0.2, 0.25) is 0 Å². The molecule has 5 N–H and O–H groups in total. The van der Waals surface area contributed by atoms with Crippen LogP contribution in [0, 0.1) is 27.7 Å². The van der Waals surface area contributed by atoms with Crippen molar-refractivity contribution in [2.75, 3.05) is 26.4 Å². The van der Waals surface area contributed by atoms with Crippen LogP contribution in [0.5, 0.6) is 0 Å². The summed E-state index contributed by atoms with van der Waals surface area (Å²) in [4.78, 5) is 25.5. The Morgan fingerprint density at radius 1 is 0.566 bits per heavy atom. The van der Waals surface area contributed by atoms with Crippen LogP contribution >= 0.6 is 23.2 Å². The summed E-state index contributed by atoms with van der Waals surface area (Å²) >= 11 is 12.2. The van der Waals surface area contributed by atoms with Crippen LogP contribution in [-0.4, -0.2) is 76.6 Å². The van der Waals surface area contributed by atoms with Gasteiger partial charge in [0.1, 0.15) is 11.5 Å². The number of ether oxygens (including phenoxy) is 4. The molecule has 284 valence electrons. The first-order valence-electron chi connectivity index (χ1n) is 17.3. The minimum Gasteiger partial charge on any atom is -0.870 e. The van der Waals surface area contributed by atoms with Gasteiger partial charge in [0, 0.05) is 35.7 Å². The van der Waals surface area contributed by atoms with Crippen LogP contribution in [0.2, 0.25) is 10.0 Å². The quantitative estimate of drug-likeness (QED) is 0.326. The third-order valence-corrected chi connectivity index (χ3v) is 11.8. The topological polar surface area (TPSA) is 166 Å². The molecule has 4 spiro atoms. The van der Waals surface area contributed by atoms with Crippen LogP contribution in [0.15, 0.2) is 35.8 Å². The van der Waals surface area contributed by atoms with Crippen LogP contribution < -0.4 is 40.2 Å². The molecule has 8 rings (SSSR count). The SMILES string of the molecule is C.Cc1cc(Cl)cc(C)c1C1=C(O)C2(CCC3(CC2)OCCO3)NC1=O.Cc1cc(Cl)cc(C)c1C1=C(O)C2(CCC3(CC2)OCCO3)NC1=O.[Na+].[OH-]. The summed E-state index contributed by atoms with van der Waals surface area (Å²) in [6, 6.07) is 7.27. The molecule has 2 saturated carbocycles. The van der Waals surface area contributed by atoms with E-state index in [0.717, 1.165) is 33.4 Å². The van der Waals surface area contributed by atoms with Gasteiger partial charge < -0.3 is 45.3 Å². The minimum absolute atomic E-state index is 0. The van der Waals surface area contributed by atoms with E-state index in [-0.39, 0.29) is 65.8 Å². The summed E-state index contributed by atoms with van der Waals surface area (Å²) in [5, 5.41) is 29.4. The van der Waals surface area contributed by atoms with Gasteiger partial charge in [-0.1, -0.05) is 30.6 Å². The molecule has 2 amide bonds. The van der Waals surface area contributed by atoms with E-state index < -0.39 is 22.7 Å². The number of aryl methyl sites for hydroxylation is 4. The number of amides is 2. The summed E-state index contributed by atoms with van der Waals surface area (Å²) in [7, 11) is 0. The van der Waals surface area contributed by atoms with E-state index in [1.54, 1.807) is 0 Å². The van der Waals surface area contributed by atoms with Crippen LogP contribution in [0.3, 0.4) is 0 Å². The van der Waals surface area contributed by atoms with Crippen LogP contribution in [0.4, 0.5) is 0 Å². The Kier molecular flexibility index (Phi) is 13.3. The van der Waals surface area contributed by atoms with Crippen molar-refractivity contribution in [2.45, 2.75) is 109 Å². The number of rotatable bonds is 2. The molecule has 6 aliphatic rings. The molecule has 0 bridgehead atoms. The summed E-state index contributed by atoms with van der Waals surface area (Å²) < 4.78 is 23.0. The zero-order valence-electron chi connectivity index (χ0n) is 30.3. The Balaban J connectivity index is 0.000000224. The summed E-state index contributed by atoms with van der Waals surface area (Å²) in [5.74, 6) is -1.25. The molecule has 2 saturated heterocycles.